The van der Waals surface area contributed by atoms with E-state index in [0.29, 0.717) is 12.1 Å². The minimum Gasteiger partial charge on any atom is -0.477 e. The standard InChI is InChI=1S/C13H16N4O2/c1-9(10-4-3-5-14-6-10)17(2)8-11-7-15-16-12(11)13(18)19/h3-7,9H,8H2,1-2H3,(H,15,16)(H,18,19). The third kappa shape index (κ3) is 2.97. The second-order valence-corrected chi connectivity index (χ2v) is 4.45. The van der Waals surface area contributed by atoms with E-state index >= 15 is 0 Å². The molecule has 0 saturated carbocycles. The molecule has 0 aliphatic rings. The van der Waals surface area contributed by atoms with Gasteiger partial charge in [-0.25, -0.2) is 4.79 Å². The van der Waals surface area contributed by atoms with Crippen LogP contribution < -0.4 is 0 Å². The molecule has 19 heavy (non-hydrogen) atoms. The molecule has 0 radical (unpaired) electrons. The number of hydrogen-bond donors (Lipinski definition) is 2. The molecule has 0 spiro atoms. The zero-order valence-electron chi connectivity index (χ0n) is 10.9. The van der Waals surface area contributed by atoms with E-state index < -0.39 is 5.97 Å². The van der Waals surface area contributed by atoms with Gasteiger partial charge in [0, 0.05) is 30.5 Å². The molecule has 6 heteroatoms. The summed E-state index contributed by atoms with van der Waals surface area (Å²) in [5, 5.41) is 15.3. The molecule has 6 nitrogen and oxygen atoms in total. The van der Waals surface area contributed by atoms with Crippen LogP contribution in [0.15, 0.2) is 30.7 Å². The normalized spacial score (nSPS) is 12.6. The molecule has 100 valence electrons. The van der Waals surface area contributed by atoms with E-state index in [4.69, 9.17) is 5.11 Å². The molecule has 2 N–H and O–H groups in total. The van der Waals surface area contributed by atoms with Gasteiger partial charge in [-0.1, -0.05) is 6.07 Å². The summed E-state index contributed by atoms with van der Waals surface area (Å²) in [6.45, 7) is 2.56. The highest BCUT2D eigenvalue weighted by Gasteiger charge is 2.17. The molecule has 2 rings (SSSR count). The summed E-state index contributed by atoms with van der Waals surface area (Å²) in [5.74, 6) is -0.991. The van der Waals surface area contributed by atoms with Gasteiger partial charge in [-0.15, -0.1) is 0 Å². The highest BCUT2D eigenvalue weighted by molar-refractivity contribution is 5.86. The van der Waals surface area contributed by atoms with E-state index in [1.54, 1.807) is 12.4 Å². The van der Waals surface area contributed by atoms with E-state index in [1.165, 1.54) is 0 Å². The average molecular weight is 260 g/mol. The number of nitrogens with one attached hydrogen (secondary N) is 1. The van der Waals surface area contributed by atoms with E-state index in [1.807, 2.05) is 30.3 Å². The lowest BCUT2D eigenvalue weighted by atomic mass is 10.1. The van der Waals surface area contributed by atoms with Crippen molar-refractivity contribution < 1.29 is 9.90 Å². The highest BCUT2D eigenvalue weighted by Crippen LogP contribution is 2.20. The number of hydrogen-bond acceptors (Lipinski definition) is 4. The fraction of sp³-hybridized carbons (Fsp3) is 0.308. The van der Waals surface area contributed by atoms with Crippen LogP contribution in [0.3, 0.4) is 0 Å². The molecule has 0 bridgehead atoms. The fourth-order valence-electron chi connectivity index (χ4n) is 1.90. The van der Waals surface area contributed by atoms with Gasteiger partial charge in [0.05, 0.1) is 6.20 Å². The van der Waals surface area contributed by atoms with Crippen molar-refractivity contribution in [2.75, 3.05) is 7.05 Å². The molecule has 0 aliphatic heterocycles. The number of carboxylic acids is 1. The Balaban J connectivity index is 2.11. The number of aromatic nitrogens is 3. The van der Waals surface area contributed by atoms with Crippen LogP contribution in [0.25, 0.3) is 0 Å². The number of H-pyrrole nitrogens is 1. The number of aromatic amines is 1. The van der Waals surface area contributed by atoms with Gasteiger partial charge in [-0.2, -0.15) is 5.10 Å². The first kappa shape index (κ1) is 13.2. The van der Waals surface area contributed by atoms with Crippen LogP contribution in [0.1, 0.15) is 34.6 Å². The largest absolute Gasteiger partial charge is 0.477 e. The topological polar surface area (TPSA) is 82.1 Å². The first-order valence-electron chi connectivity index (χ1n) is 5.95. The van der Waals surface area contributed by atoms with Gasteiger partial charge in [0.15, 0.2) is 0 Å². The van der Waals surface area contributed by atoms with Gasteiger partial charge < -0.3 is 5.11 Å². The lowest BCUT2D eigenvalue weighted by Gasteiger charge is -2.24. The van der Waals surface area contributed by atoms with E-state index in [0.717, 1.165) is 5.56 Å². The number of aromatic carboxylic acids is 1. The zero-order chi connectivity index (χ0) is 13.8. The molecule has 0 fully saturated rings. The van der Waals surface area contributed by atoms with Crippen LogP contribution in [0.4, 0.5) is 0 Å². The lowest BCUT2D eigenvalue weighted by molar-refractivity contribution is 0.0688. The Labute approximate surface area is 111 Å². The van der Waals surface area contributed by atoms with Crippen molar-refractivity contribution in [1.82, 2.24) is 20.1 Å². The molecule has 0 aliphatic carbocycles. The number of rotatable bonds is 5. The maximum atomic E-state index is 11.0. The van der Waals surface area contributed by atoms with Crippen LogP contribution >= 0.6 is 0 Å². The maximum Gasteiger partial charge on any atom is 0.354 e. The van der Waals surface area contributed by atoms with Crippen LogP contribution in [0.5, 0.6) is 0 Å². The van der Waals surface area contributed by atoms with Gasteiger partial charge in [-0.3, -0.25) is 15.0 Å². The molecule has 0 saturated heterocycles. The van der Waals surface area contributed by atoms with E-state index in [9.17, 15) is 4.79 Å². The third-order valence-electron chi connectivity index (χ3n) is 3.18. The van der Waals surface area contributed by atoms with Gasteiger partial charge in [-0.05, 0) is 25.6 Å². The first-order valence-corrected chi connectivity index (χ1v) is 5.95. The van der Waals surface area contributed by atoms with Crippen molar-refractivity contribution in [2.24, 2.45) is 0 Å². The minimum atomic E-state index is -0.991. The van der Waals surface area contributed by atoms with E-state index in [2.05, 4.69) is 22.1 Å². The Kier molecular flexibility index (Phi) is 3.91. The number of nitrogens with zero attached hydrogens (tertiary/aromatic N) is 3. The second-order valence-electron chi connectivity index (χ2n) is 4.45. The number of carbonyl (C=O) groups is 1. The fourth-order valence-corrected chi connectivity index (χ4v) is 1.90. The van der Waals surface area contributed by atoms with Gasteiger partial charge in [0.25, 0.3) is 0 Å². The molecule has 1 atom stereocenters. The molecule has 1 unspecified atom stereocenters. The van der Waals surface area contributed by atoms with Crippen LogP contribution in [0, 0.1) is 0 Å². The Hall–Kier alpha value is -2.21. The minimum absolute atomic E-state index is 0.144. The smallest absolute Gasteiger partial charge is 0.354 e. The predicted molar refractivity (Wildman–Crippen MR) is 69.7 cm³/mol. The molecule has 2 aromatic heterocycles. The quantitative estimate of drug-likeness (QED) is 0.855. The molecule has 0 amide bonds. The summed E-state index contributed by atoms with van der Waals surface area (Å²) >= 11 is 0. The van der Waals surface area contributed by atoms with Crippen molar-refractivity contribution in [3.8, 4) is 0 Å². The van der Waals surface area contributed by atoms with Crippen LogP contribution in [0.2, 0.25) is 0 Å². The summed E-state index contributed by atoms with van der Waals surface area (Å²) in [5.41, 5.74) is 1.90. The molecule has 0 aromatic carbocycles. The van der Waals surface area contributed by atoms with Crippen molar-refractivity contribution >= 4 is 5.97 Å². The summed E-state index contributed by atoms with van der Waals surface area (Å²) in [4.78, 5) is 17.1. The SMILES string of the molecule is CC(c1cccnc1)N(C)Cc1cn[nH]c1C(=O)O. The average Bonchev–Trinajstić information content (AvgIpc) is 2.87. The van der Waals surface area contributed by atoms with Crippen molar-refractivity contribution in [2.45, 2.75) is 19.5 Å². The highest BCUT2D eigenvalue weighted by atomic mass is 16.4. The lowest BCUT2D eigenvalue weighted by Crippen LogP contribution is -2.22. The predicted octanol–water partition coefficient (Wildman–Crippen LogP) is 1.70. The number of carboxylic acid groups (broad SMARTS) is 1. The van der Waals surface area contributed by atoms with Crippen molar-refractivity contribution in [3.63, 3.8) is 0 Å². The molecular formula is C13H16N4O2. The first-order chi connectivity index (χ1) is 9.09. The van der Waals surface area contributed by atoms with E-state index in [-0.39, 0.29) is 11.7 Å². The monoisotopic (exact) mass is 260 g/mol. The maximum absolute atomic E-state index is 11.0. The Morgan fingerprint density at radius 1 is 1.53 bits per heavy atom. The molecular weight excluding hydrogens is 244 g/mol. The Morgan fingerprint density at radius 3 is 2.95 bits per heavy atom. The molecule has 2 heterocycles. The molecule has 2 aromatic rings. The van der Waals surface area contributed by atoms with Crippen LogP contribution in [-0.2, 0) is 6.54 Å². The number of pyridine rings is 1. The zero-order valence-corrected chi connectivity index (χ0v) is 10.9. The van der Waals surface area contributed by atoms with Gasteiger partial charge in [0.2, 0.25) is 0 Å². The third-order valence-corrected chi connectivity index (χ3v) is 3.18. The van der Waals surface area contributed by atoms with Crippen molar-refractivity contribution in [3.05, 3.63) is 47.5 Å². The summed E-state index contributed by atoms with van der Waals surface area (Å²) < 4.78 is 0. The van der Waals surface area contributed by atoms with Gasteiger partial charge >= 0.3 is 5.97 Å². The van der Waals surface area contributed by atoms with Crippen molar-refractivity contribution in [1.29, 1.82) is 0 Å². The summed E-state index contributed by atoms with van der Waals surface area (Å²) in [6.07, 6.45) is 5.10. The second kappa shape index (κ2) is 5.62. The Bertz CT molecular complexity index is 553. The summed E-state index contributed by atoms with van der Waals surface area (Å²) in [6, 6.07) is 4.03. The van der Waals surface area contributed by atoms with Crippen LogP contribution in [-0.4, -0.2) is 38.2 Å². The summed E-state index contributed by atoms with van der Waals surface area (Å²) in [7, 11) is 1.94. The Morgan fingerprint density at radius 2 is 2.32 bits per heavy atom. The van der Waals surface area contributed by atoms with Gasteiger partial charge in [0.1, 0.15) is 5.69 Å².